The van der Waals surface area contributed by atoms with Crippen LogP contribution in [0.5, 0.6) is 0 Å². The zero-order chi connectivity index (χ0) is 21.3. The highest BCUT2D eigenvalue weighted by atomic mass is 79.9. The summed E-state index contributed by atoms with van der Waals surface area (Å²) in [6.07, 6.45) is -2.89. The van der Waals surface area contributed by atoms with Crippen molar-refractivity contribution in [1.82, 2.24) is 5.32 Å². The molecule has 0 aliphatic carbocycles. The number of amidine groups is 1. The molecule has 0 spiro atoms. The molecule has 1 fully saturated rings. The number of hydrogen-bond acceptors (Lipinski definition) is 4. The maximum Gasteiger partial charge on any atom is 0.416 e. The molecule has 4 rings (SSSR count). The number of halogens is 4. The fraction of sp³-hybridized carbons (Fsp3) is 0.0476. The normalized spacial score (nSPS) is 17.0. The van der Waals surface area contributed by atoms with E-state index in [1.165, 1.54) is 12.1 Å². The molecule has 1 N–H and O–H groups in total. The second-order valence-electron chi connectivity index (χ2n) is 6.24. The maximum atomic E-state index is 12.8. The smallest absolute Gasteiger partial charge is 0.416 e. The van der Waals surface area contributed by atoms with Gasteiger partial charge in [0.15, 0.2) is 5.17 Å². The van der Waals surface area contributed by atoms with E-state index >= 15 is 0 Å². The topological polar surface area (TPSA) is 54.6 Å². The fourth-order valence-electron chi connectivity index (χ4n) is 2.68. The summed E-state index contributed by atoms with van der Waals surface area (Å²) in [5.41, 5.74) is 0.188. The Morgan fingerprint density at radius 2 is 1.83 bits per heavy atom. The second kappa shape index (κ2) is 8.16. The molecule has 1 amide bonds. The maximum absolute atomic E-state index is 12.8. The Balaban J connectivity index is 1.53. The first-order valence-corrected chi connectivity index (χ1v) is 10.2. The molecule has 152 valence electrons. The molecule has 0 radical (unpaired) electrons. The summed E-state index contributed by atoms with van der Waals surface area (Å²) >= 11 is 4.41. The van der Waals surface area contributed by atoms with Gasteiger partial charge in [0.25, 0.3) is 5.91 Å². The zero-order valence-corrected chi connectivity index (χ0v) is 17.4. The number of hydrogen-bond donors (Lipinski definition) is 1. The van der Waals surface area contributed by atoms with Gasteiger partial charge >= 0.3 is 6.18 Å². The molecule has 0 atom stereocenters. The first kappa shape index (κ1) is 20.5. The van der Waals surface area contributed by atoms with Crippen molar-refractivity contribution in [3.05, 3.63) is 81.4 Å². The van der Waals surface area contributed by atoms with Gasteiger partial charge in [0.05, 0.1) is 16.2 Å². The number of alkyl halides is 3. The van der Waals surface area contributed by atoms with Crippen molar-refractivity contribution in [3.8, 4) is 11.3 Å². The number of rotatable bonds is 3. The molecule has 1 aliphatic heterocycles. The molecule has 0 bridgehead atoms. The molecule has 2 heterocycles. The van der Waals surface area contributed by atoms with E-state index in [4.69, 9.17) is 4.42 Å². The molecule has 0 unspecified atom stereocenters. The fourth-order valence-corrected chi connectivity index (χ4v) is 3.76. The molecular weight excluding hydrogens is 481 g/mol. The lowest BCUT2D eigenvalue weighted by molar-refractivity contribution is -0.137. The van der Waals surface area contributed by atoms with Crippen molar-refractivity contribution in [3.63, 3.8) is 0 Å². The summed E-state index contributed by atoms with van der Waals surface area (Å²) in [5, 5.41) is 2.75. The van der Waals surface area contributed by atoms with Gasteiger partial charge in [-0.25, -0.2) is 4.99 Å². The van der Waals surface area contributed by atoms with Gasteiger partial charge in [-0.1, -0.05) is 34.1 Å². The van der Waals surface area contributed by atoms with Crippen LogP contribution in [0.2, 0.25) is 0 Å². The SMILES string of the molecule is O=C1NC(=Nc2cccc(C(F)(F)F)c2)SC1=Cc1ccc(-c2ccc(Br)cc2)o1. The Morgan fingerprint density at radius 1 is 1.07 bits per heavy atom. The van der Waals surface area contributed by atoms with E-state index in [9.17, 15) is 18.0 Å². The van der Waals surface area contributed by atoms with Crippen LogP contribution in [0.3, 0.4) is 0 Å². The van der Waals surface area contributed by atoms with Crippen molar-refractivity contribution in [2.45, 2.75) is 6.18 Å². The van der Waals surface area contributed by atoms with Gasteiger partial charge in [0.1, 0.15) is 11.5 Å². The molecule has 0 saturated carbocycles. The highest BCUT2D eigenvalue weighted by molar-refractivity contribution is 9.10. The number of amides is 1. The predicted octanol–water partition coefficient (Wildman–Crippen LogP) is 6.62. The van der Waals surface area contributed by atoms with E-state index in [2.05, 4.69) is 26.2 Å². The largest absolute Gasteiger partial charge is 0.457 e. The van der Waals surface area contributed by atoms with Gasteiger partial charge in [0.2, 0.25) is 0 Å². The molecule has 1 aliphatic rings. The summed E-state index contributed by atoms with van der Waals surface area (Å²) in [6, 6.07) is 15.7. The van der Waals surface area contributed by atoms with Crippen LogP contribution in [0.25, 0.3) is 17.4 Å². The van der Waals surface area contributed by atoms with Crippen molar-refractivity contribution in [2.24, 2.45) is 4.99 Å². The van der Waals surface area contributed by atoms with Gasteiger partial charge in [-0.2, -0.15) is 13.2 Å². The quantitative estimate of drug-likeness (QED) is 0.418. The van der Waals surface area contributed by atoms with E-state index in [0.717, 1.165) is 33.9 Å². The highest BCUT2D eigenvalue weighted by Gasteiger charge is 2.30. The monoisotopic (exact) mass is 492 g/mol. The minimum Gasteiger partial charge on any atom is -0.457 e. The van der Waals surface area contributed by atoms with Crippen molar-refractivity contribution in [2.75, 3.05) is 0 Å². The second-order valence-corrected chi connectivity index (χ2v) is 8.19. The molecule has 3 aromatic rings. The minimum absolute atomic E-state index is 0.101. The van der Waals surface area contributed by atoms with Crippen LogP contribution in [0, 0.1) is 0 Å². The third-order valence-corrected chi connectivity index (χ3v) is 5.52. The van der Waals surface area contributed by atoms with Gasteiger partial charge in [-0.05, 0) is 54.2 Å². The lowest BCUT2D eigenvalue weighted by Gasteiger charge is -2.06. The summed E-state index contributed by atoms with van der Waals surface area (Å²) in [6.45, 7) is 0. The average molecular weight is 493 g/mol. The average Bonchev–Trinajstić information content (AvgIpc) is 3.29. The third kappa shape index (κ3) is 4.68. The van der Waals surface area contributed by atoms with Crippen LogP contribution < -0.4 is 5.32 Å². The van der Waals surface area contributed by atoms with Gasteiger partial charge < -0.3 is 9.73 Å². The van der Waals surface area contributed by atoms with Crippen molar-refractivity contribution in [1.29, 1.82) is 0 Å². The Labute approximate surface area is 182 Å². The number of aliphatic imine (C=N–C) groups is 1. The highest BCUT2D eigenvalue weighted by Crippen LogP contribution is 2.33. The zero-order valence-electron chi connectivity index (χ0n) is 15.0. The molecular formula is C21H12BrF3N2O2S. The van der Waals surface area contributed by atoms with Crippen LogP contribution in [0.1, 0.15) is 11.3 Å². The lowest BCUT2D eigenvalue weighted by atomic mass is 10.2. The third-order valence-electron chi connectivity index (χ3n) is 4.08. The van der Waals surface area contributed by atoms with Crippen molar-refractivity contribution < 1.29 is 22.4 Å². The van der Waals surface area contributed by atoms with Crippen molar-refractivity contribution >= 4 is 50.5 Å². The number of benzene rings is 2. The number of furan rings is 1. The Morgan fingerprint density at radius 3 is 2.57 bits per heavy atom. The Kier molecular flexibility index (Phi) is 5.57. The van der Waals surface area contributed by atoms with E-state index < -0.39 is 17.6 Å². The summed E-state index contributed by atoms with van der Waals surface area (Å²) in [5.74, 6) is 0.730. The standard InChI is InChI=1S/C21H12BrF3N2O2S/c22-14-6-4-12(5-7-14)17-9-8-16(29-17)11-18-19(28)27-20(30-18)26-15-3-1-2-13(10-15)21(23,24)25/h1-11H,(H,26,27,28). The minimum atomic E-state index is -4.46. The van der Waals surface area contributed by atoms with Crippen LogP contribution in [-0.4, -0.2) is 11.1 Å². The van der Waals surface area contributed by atoms with E-state index in [1.807, 2.05) is 24.3 Å². The summed E-state index contributed by atoms with van der Waals surface area (Å²) < 4.78 is 45.3. The number of carbonyl (C=O) groups excluding carboxylic acids is 1. The van der Waals surface area contributed by atoms with Gasteiger partial charge in [-0.15, -0.1) is 0 Å². The molecule has 2 aromatic carbocycles. The number of carbonyl (C=O) groups is 1. The number of nitrogens with zero attached hydrogens (tertiary/aromatic N) is 1. The summed E-state index contributed by atoms with van der Waals surface area (Å²) in [4.78, 5) is 16.7. The van der Waals surface area contributed by atoms with Crippen LogP contribution in [-0.2, 0) is 11.0 Å². The van der Waals surface area contributed by atoms with Crippen LogP contribution >= 0.6 is 27.7 Å². The van der Waals surface area contributed by atoms with Crippen LogP contribution in [0.15, 0.2) is 79.5 Å². The number of thioether (sulfide) groups is 1. The summed E-state index contributed by atoms with van der Waals surface area (Å²) in [7, 11) is 0. The Hall–Kier alpha value is -2.78. The molecule has 9 heteroatoms. The predicted molar refractivity (Wildman–Crippen MR) is 114 cm³/mol. The van der Waals surface area contributed by atoms with Crippen LogP contribution in [0.4, 0.5) is 18.9 Å². The van der Waals surface area contributed by atoms with E-state index in [-0.39, 0.29) is 10.9 Å². The van der Waals surface area contributed by atoms with E-state index in [1.54, 1.807) is 18.2 Å². The molecule has 1 aromatic heterocycles. The molecule has 1 saturated heterocycles. The van der Waals surface area contributed by atoms with Gasteiger partial charge in [0, 0.05) is 16.1 Å². The Bertz CT molecular complexity index is 1170. The first-order chi connectivity index (χ1) is 14.3. The molecule has 30 heavy (non-hydrogen) atoms. The number of nitrogens with one attached hydrogen (secondary N) is 1. The van der Waals surface area contributed by atoms with Gasteiger partial charge in [-0.3, -0.25) is 4.79 Å². The lowest BCUT2D eigenvalue weighted by Crippen LogP contribution is -2.19. The van der Waals surface area contributed by atoms with E-state index in [0.29, 0.717) is 16.4 Å². The first-order valence-electron chi connectivity index (χ1n) is 8.60. The molecule has 4 nitrogen and oxygen atoms in total.